The second-order valence-corrected chi connectivity index (χ2v) is 6.57. The highest BCUT2D eigenvalue weighted by Gasteiger charge is 2.38. The molecule has 1 aromatic heterocycles. The molecule has 0 unspecified atom stereocenters. The lowest BCUT2D eigenvalue weighted by Gasteiger charge is -2.36. The summed E-state index contributed by atoms with van der Waals surface area (Å²) in [4.78, 5) is 14.4. The van der Waals surface area contributed by atoms with Crippen molar-refractivity contribution in [3.63, 3.8) is 0 Å². The largest absolute Gasteiger partial charge is 0.329 e. The van der Waals surface area contributed by atoms with Gasteiger partial charge in [-0.25, -0.2) is 8.78 Å². The summed E-state index contributed by atoms with van der Waals surface area (Å²) in [5.74, 6) is -0.683. The minimum absolute atomic E-state index is 0.219. The van der Waals surface area contributed by atoms with Gasteiger partial charge in [0.25, 0.3) is 0 Å². The Morgan fingerprint density at radius 1 is 0.571 bits per heavy atom. The van der Waals surface area contributed by atoms with E-state index in [9.17, 15) is 13.6 Å². The monoisotopic (exact) mass is 373 g/mol. The minimum atomic E-state index is -0.854. The van der Waals surface area contributed by atoms with Crippen LogP contribution in [0.3, 0.4) is 0 Å². The number of nitrogens with one attached hydrogen (secondary N) is 1. The highest BCUT2D eigenvalue weighted by atomic mass is 19.1. The van der Waals surface area contributed by atoms with Gasteiger partial charge in [0.1, 0.15) is 11.6 Å². The van der Waals surface area contributed by atoms with Crippen LogP contribution in [-0.4, -0.2) is 4.98 Å². The van der Waals surface area contributed by atoms with Crippen LogP contribution in [0.1, 0.15) is 22.3 Å². The van der Waals surface area contributed by atoms with Crippen LogP contribution in [0.4, 0.5) is 8.78 Å². The average Bonchev–Trinajstić information content (AvgIpc) is 2.73. The maximum Gasteiger partial charge on any atom is 0.247 e. The van der Waals surface area contributed by atoms with E-state index in [1.807, 2.05) is 30.3 Å². The van der Waals surface area contributed by atoms with E-state index in [1.54, 1.807) is 36.5 Å². The van der Waals surface area contributed by atoms with Gasteiger partial charge < -0.3 is 4.98 Å². The molecule has 138 valence electrons. The second kappa shape index (κ2) is 7.24. The second-order valence-electron chi connectivity index (χ2n) is 6.57. The molecule has 0 aliphatic rings. The van der Waals surface area contributed by atoms with E-state index in [2.05, 4.69) is 4.98 Å². The first kappa shape index (κ1) is 17.9. The van der Waals surface area contributed by atoms with E-state index >= 15 is 0 Å². The van der Waals surface area contributed by atoms with E-state index in [0.29, 0.717) is 0 Å². The van der Waals surface area contributed by atoms with Crippen molar-refractivity contribution in [1.29, 1.82) is 0 Å². The summed E-state index contributed by atoms with van der Waals surface area (Å²) < 4.78 is 27.4. The molecule has 0 fully saturated rings. The average molecular weight is 373 g/mol. The zero-order chi connectivity index (χ0) is 19.6. The molecule has 0 amide bonds. The lowest BCUT2D eigenvalue weighted by molar-refractivity contribution is 0.621. The molecule has 0 spiro atoms. The first-order valence-corrected chi connectivity index (χ1v) is 8.87. The number of hydrogen-bond donors (Lipinski definition) is 1. The molecule has 0 atom stereocenters. The normalized spacial score (nSPS) is 11.4. The van der Waals surface area contributed by atoms with Crippen molar-refractivity contribution in [2.75, 3.05) is 0 Å². The van der Waals surface area contributed by atoms with Crippen LogP contribution in [0.2, 0.25) is 0 Å². The fraction of sp³-hybridized carbons (Fsp3) is 0.0417. The summed E-state index contributed by atoms with van der Waals surface area (Å²) in [7, 11) is 0. The van der Waals surface area contributed by atoms with Gasteiger partial charge in [-0.15, -0.1) is 0 Å². The SMILES string of the molecule is O=c1ccc(C(c2ccccc2)(c2ccc(F)cc2)c2ccc(F)cc2)c[nH]1. The molecular weight excluding hydrogens is 356 g/mol. The standard InChI is InChI=1S/C24H17F2NO/c25-21-11-6-18(7-12-21)24(17-4-2-1-3-5-17,19-8-13-22(26)14-9-19)20-10-15-23(28)27-16-20/h1-16H,(H,27,28). The van der Waals surface area contributed by atoms with Gasteiger partial charge in [0.05, 0.1) is 5.41 Å². The van der Waals surface area contributed by atoms with Crippen LogP contribution in [0.5, 0.6) is 0 Å². The molecule has 0 radical (unpaired) electrons. The third-order valence-electron chi connectivity index (χ3n) is 4.98. The minimum Gasteiger partial charge on any atom is -0.329 e. The van der Waals surface area contributed by atoms with Crippen LogP contribution in [0.15, 0.2) is 102 Å². The number of pyridine rings is 1. The van der Waals surface area contributed by atoms with Crippen LogP contribution in [0, 0.1) is 11.6 Å². The Bertz CT molecular complexity index is 1070. The van der Waals surface area contributed by atoms with E-state index in [-0.39, 0.29) is 17.2 Å². The fourth-order valence-electron chi connectivity index (χ4n) is 3.73. The van der Waals surface area contributed by atoms with E-state index in [4.69, 9.17) is 0 Å². The molecule has 0 bridgehead atoms. The van der Waals surface area contributed by atoms with Crippen molar-refractivity contribution in [3.05, 3.63) is 141 Å². The Morgan fingerprint density at radius 2 is 1.04 bits per heavy atom. The molecule has 28 heavy (non-hydrogen) atoms. The van der Waals surface area contributed by atoms with Crippen molar-refractivity contribution in [3.8, 4) is 0 Å². The van der Waals surface area contributed by atoms with Crippen LogP contribution in [0.25, 0.3) is 0 Å². The lowest BCUT2D eigenvalue weighted by Crippen LogP contribution is -2.31. The molecule has 0 saturated heterocycles. The third-order valence-corrected chi connectivity index (χ3v) is 4.98. The van der Waals surface area contributed by atoms with Crippen LogP contribution >= 0.6 is 0 Å². The number of H-pyrrole nitrogens is 1. The van der Waals surface area contributed by atoms with Crippen LogP contribution < -0.4 is 5.56 Å². The van der Waals surface area contributed by atoms with Gasteiger partial charge in [-0.2, -0.15) is 0 Å². The number of rotatable bonds is 4. The number of aromatic nitrogens is 1. The maximum absolute atomic E-state index is 13.7. The summed E-state index contributed by atoms with van der Waals surface area (Å²) in [5.41, 5.74) is 2.24. The molecule has 0 aliphatic heterocycles. The first-order chi connectivity index (χ1) is 13.6. The van der Waals surface area contributed by atoms with Crippen molar-refractivity contribution in [1.82, 2.24) is 4.98 Å². The van der Waals surface area contributed by atoms with E-state index in [1.165, 1.54) is 30.3 Å². The number of hydrogen-bond acceptors (Lipinski definition) is 1. The molecule has 1 N–H and O–H groups in total. The zero-order valence-electron chi connectivity index (χ0n) is 14.9. The Balaban J connectivity index is 2.13. The molecule has 0 saturated carbocycles. The van der Waals surface area contributed by atoms with Gasteiger partial charge in [0.15, 0.2) is 0 Å². The number of halogens is 2. The highest BCUT2D eigenvalue weighted by Crippen LogP contribution is 2.44. The lowest BCUT2D eigenvalue weighted by atomic mass is 9.65. The number of aromatic amines is 1. The van der Waals surface area contributed by atoms with Crippen molar-refractivity contribution < 1.29 is 8.78 Å². The fourth-order valence-corrected chi connectivity index (χ4v) is 3.73. The summed E-state index contributed by atoms with van der Waals surface area (Å²) in [6.07, 6.45) is 1.65. The molecule has 0 aliphatic carbocycles. The molecule has 2 nitrogen and oxygen atoms in total. The Kier molecular flexibility index (Phi) is 4.62. The highest BCUT2D eigenvalue weighted by molar-refractivity contribution is 5.59. The number of benzene rings is 3. The molecule has 4 rings (SSSR count). The van der Waals surface area contributed by atoms with Gasteiger partial charge in [0, 0.05) is 12.3 Å². The van der Waals surface area contributed by atoms with Gasteiger partial charge >= 0.3 is 0 Å². The van der Waals surface area contributed by atoms with Gasteiger partial charge in [-0.3, -0.25) is 4.79 Å². The summed E-state index contributed by atoms with van der Waals surface area (Å²) in [6.45, 7) is 0. The van der Waals surface area contributed by atoms with Gasteiger partial charge in [0.2, 0.25) is 5.56 Å². The van der Waals surface area contributed by atoms with E-state index < -0.39 is 5.41 Å². The van der Waals surface area contributed by atoms with E-state index in [0.717, 1.165) is 22.3 Å². The molecule has 4 aromatic rings. The van der Waals surface area contributed by atoms with Crippen molar-refractivity contribution in [2.45, 2.75) is 5.41 Å². The predicted molar refractivity (Wildman–Crippen MR) is 105 cm³/mol. The third kappa shape index (κ3) is 3.03. The Hall–Kier alpha value is -3.53. The Morgan fingerprint density at radius 3 is 1.50 bits per heavy atom. The predicted octanol–water partition coefficient (Wildman–Crippen LogP) is 5.04. The van der Waals surface area contributed by atoms with Gasteiger partial charge in [-0.1, -0.05) is 60.7 Å². The maximum atomic E-state index is 13.7. The molecular formula is C24H17F2NO. The zero-order valence-corrected chi connectivity index (χ0v) is 14.9. The molecule has 3 aromatic carbocycles. The summed E-state index contributed by atoms with van der Waals surface area (Å²) in [5, 5.41) is 0. The molecule has 4 heteroatoms. The topological polar surface area (TPSA) is 32.9 Å². The quantitative estimate of drug-likeness (QED) is 0.500. The van der Waals surface area contributed by atoms with Crippen molar-refractivity contribution >= 4 is 0 Å². The summed E-state index contributed by atoms with van der Waals surface area (Å²) >= 11 is 0. The van der Waals surface area contributed by atoms with Gasteiger partial charge in [-0.05, 0) is 46.5 Å². The molecule has 1 heterocycles. The Labute approximate surface area is 161 Å². The smallest absolute Gasteiger partial charge is 0.247 e. The first-order valence-electron chi connectivity index (χ1n) is 8.87. The van der Waals surface area contributed by atoms with Crippen molar-refractivity contribution in [2.24, 2.45) is 0 Å². The van der Waals surface area contributed by atoms with Crippen LogP contribution in [-0.2, 0) is 5.41 Å². The summed E-state index contributed by atoms with van der Waals surface area (Å²) in [6, 6.07) is 25.4.